The Bertz CT molecular complexity index is 612. The summed E-state index contributed by atoms with van der Waals surface area (Å²) in [6.07, 6.45) is -4.46. The van der Waals surface area contributed by atoms with Gasteiger partial charge in [-0.05, 0) is 23.8 Å². The Morgan fingerprint density at radius 3 is 2.40 bits per heavy atom. The number of hydrogen-bond acceptors (Lipinski definition) is 3. The summed E-state index contributed by atoms with van der Waals surface area (Å²) in [4.78, 5) is 3.97. The number of alkyl halides is 3. The molecule has 1 heterocycles. The number of methoxy groups -OCH3 is 1. The molecule has 0 saturated carbocycles. The molecule has 20 heavy (non-hydrogen) atoms. The van der Waals surface area contributed by atoms with Gasteiger partial charge in [0.25, 0.3) is 0 Å². The molecule has 2 aromatic rings. The molecule has 0 saturated heterocycles. The normalized spacial score (nSPS) is 11.4. The van der Waals surface area contributed by atoms with E-state index in [-0.39, 0.29) is 23.6 Å². The number of halogens is 3. The summed E-state index contributed by atoms with van der Waals surface area (Å²) in [5.41, 5.74) is -0.196. The summed E-state index contributed by atoms with van der Waals surface area (Å²) in [6.45, 7) is -0.308. The molecule has 0 unspecified atom stereocenters. The zero-order chi connectivity index (χ0) is 14.8. The van der Waals surface area contributed by atoms with Crippen LogP contribution >= 0.6 is 0 Å². The first kappa shape index (κ1) is 14.3. The van der Waals surface area contributed by atoms with Gasteiger partial charge in [0, 0.05) is 5.56 Å². The first-order valence-corrected chi connectivity index (χ1v) is 5.78. The van der Waals surface area contributed by atoms with Gasteiger partial charge in [-0.1, -0.05) is 18.2 Å². The van der Waals surface area contributed by atoms with Gasteiger partial charge in [0.1, 0.15) is 0 Å². The highest BCUT2D eigenvalue weighted by molar-refractivity contribution is 5.72. The van der Waals surface area contributed by atoms with Crippen LogP contribution in [0.4, 0.5) is 13.2 Å². The van der Waals surface area contributed by atoms with E-state index in [2.05, 4.69) is 4.98 Å². The minimum Gasteiger partial charge on any atom is -0.481 e. The van der Waals surface area contributed by atoms with Crippen molar-refractivity contribution in [3.05, 3.63) is 47.7 Å². The summed E-state index contributed by atoms with van der Waals surface area (Å²) < 4.78 is 44.1. The average molecular weight is 283 g/mol. The molecule has 0 amide bonds. The molecule has 3 nitrogen and oxygen atoms in total. The van der Waals surface area contributed by atoms with E-state index in [1.165, 1.54) is 37.4 Å². The average Bonchev–Trinajstić information content (AvgIpc) is 2.45. The van der Waals surface area contributed by atoms with E-state index >= 15 is 0 Å². The number of ether oxygens (including phenoxy) is 1. The van der Waals surface area contributed by atoms with Crippen LogP contribution in [0.3, 0.4) is 0 Å². The fraction of sp³-hybridized carbons (Fsp3) is 0.214. The van der Waals surface area contributed by atoms with Crippen molar-refractivity contribution in [2.24, 2.45) is 0 Å². The monoisotopic (exact) mass is 283 g/mol. The Labute approximate surface area is 113 Å². The molecule has 1 aromatic carbocycles. The van der Waals surface area contributed by atoms with Crippen molar-refractivity contribution >= 4 is 0 Å². The topological polar surface area (TPSA) is 42.4 Å². The Hall–Kier alpha value is -2.08. The van der Waals surface area contributed by atoms with Crippen molar-refractivity contribution in [1.29, 1.82) is 0 Å². The molecule has 0 atom stereocenters. The third kappa shape index (κ3) is 2.75. The molecule has 1 aromatic heterocycles. The Balaban J connectivity index is 2.63. The molecule has 1 N–H and O–H groups in total. The van der Waals surface area contributed by atoms with Crippen molar-refractivity contribution in [2.75, 3.05) is 7.11 Å². The number of nitrogens with zero attached hydrogens (tertiary/aromatic N) is 1. The van der Waals surface area contributed by atoms with Crippen LogP contribution in [0.15, 0.2) is 36.4 Å². The molecule has 0 bridgehead atoms. The number of rotatable bonds is 3. The zero-order valence-corrected chi connectivity index (χ0v) is 10.6. The number of aromatic nitrogens is 1. The predicted molar refractivity (Wildman–Crippen MR) is 67.1 cm³/mol. The maximum absolute atomic E-state index is 13.0. The van der Waals surface area contributed by atoms with Gasteiger partial charge in [0.05, 0.1) is 25.0 Å². The van der Waals surface area contributed by atoms with Gasteiger partial charge in [0.2, 0.25) is 5.88 Å². The number of aliphatic hydroxyl groups excluding tert-OH is 1. The molecule has 6 heteroatoms. The van der Waals surface area contributed by atoms with Crippen molar-refractivity contribution in [3.8, 4) is 17.0 Å². The van der Waals surface area contributed by atoms with E-state index in [9.17, 15) is 13.2 Å². The van der Waals surface area contributed by atoms with Crippen LogP contribution in [0.2, 0.25) is 0 Å². The summed E-state index contributed by atoms with van der Waals surface area (Å²) in [6, 6.07) is 8.14. The van der Waals surface area contributed by atoms with Gasteiger partial charge < -0.3 is 9.84 Å². The minimum atomic E-state index is -4.46. The van der Waals surface area contributed by atoms with Gasteiger partial charge in [0.15, 0.2) is 0 Å². The molecule has 0 radical (unpaired) electrons. The van der Waals surface area contributed by atoms with E-state index < -0.39 is 11.7 Å². The standard InChI is InChI=1S/C14H12F3NO2/c1-20-13-11(7-6-9(8-19)18-13)10-4-2-3-5-12(10)14(15,16)17/h2-7,19H,8H2,1H3. The quantitative estimate of drug-likeness (QED) is 0.940. The zero-order valence-electron chi connectivity index (χ0n) is 10.6. The molecule has 0 aliphatic carbocycles. The lowest BCUT2D eigenvalue weighted by Gasteiger charge is -2.15. The second-order valence-corrected chi connectivity index (χ2v) is 4.06. The van der Waals surface area contributed by atoms with Crippen LogP contribution in [0, 0.1) is 0 Å². The minimum absolute atomic E-state index is 0.00570. The van der Waals surface area contributed by atoms with Crippen molar-refractivity contribution in [1.82, 2.24) is 4.98 Å². The van der Waals surface area contributed by atoms with E-state index in [1.807, 2.05) is 0 Å². The lowest BCUT2D eigenvalue weighted by molar-refractivity contribution is -0.137. The Kier molecular flexibility index (Phi) is 3.94. The highest BCUT2D eigenvalue weighted by Crippen LogP contribution is 2.39. The van der Waals surface area contributed by atoms with Crippen LogP contribution in [0.1, 0.15) is 11.3 Å². The highest BCUT2D eigenvalue weighted by atomic mass is 19.4. The predicted octanol–water partition coefficient (Wildman–Crippen LogP) is 3.27. The third-order valence-corrected chi connectivity index (χ3v) is 2.80. The van der Waals surface area contributed by atoms with Gasteiger partial charge >= 0.3 is 6.18 Å². The van der Waals surface area contributed by atoms with Crippen LogP contribution in [0.5, 0.6) is 5.88 Å². The molecule has 106 valence electrons. The SMILES string of the molecule is COc1nc(CO)ccc1-c1ccccc1C(F)(F)F. The van der Waals surface area contributed by atoms with E-state index in [4.69, 9.17) is 9.84 Å². The summed E-state index contributed by atoms with van der Waals surface area (Å²) >= 11 is 0. The van der Waals surface area contributed by atoms with Crippen LogP contribution in [0.25, 0.3) is 11.1 Å². The molecule has 0 aliphatic rings. The highest BCUT2D eigenvalue weighted by Gasteiger charge is 2.34. The molecule has 0 fully saturated rings. The summed E-state index contributed by atoms with van der Waals surface area (Å²) in [5, 5.41) is 9.00. The van der Waals surface area contributed by atoms with Crippen molar-refractivity contribution < 1.29 is 23.0 Å². The molecular formula is C14H12F3NO2. The van der Waals surface area contributed by atoms with Crippen LogP contribution < -0.4 is 4.74 Å². The fourth-order valence-electron chi connectivity index (χ4n) is 1.89. The van der Waals surface area contributed by atoms with Crippen LogP contribution in [-0.2, 0) is 12.8 Å². The van der Waals surface area contributed by atoms with E-state index in [1.54, 1.807) is 0 Å². The number of benzene rings is 1. The first-order valence-electron chi connectivity index (χ1n) is 5.78. The molecular weight excluding hydrogens is 271 g/mol. The molecule has 0 spiro atoms. The number of pyridine rings is 1. The first-order chi connectivity index (χ1) is 9.47. The maximum atomic E-state index is 13.0. The van der Waals surface area contributed by atoms with Crippen LogP contribution in [-0.4, -0.2) is 17.2 Å². The van der Waals surface area contributed by atoms with Gasteiger partial charge in [-0.3, -0.25) is 0 Å². The lowest BCUT2D eigenvalue weighted by Crippen LogP contribution is -2.07. The Morgan fingerprint density at radius 1 is 1.10 bits per heavy atom. The van der Waals surface area contributed by atoms with E-state index in [0.29, 0.717) is 5.69 Å². The van der Waals surface area contributed by atoms with Gasteiger partial charge in [-0.25, -0.2) is 4.98 Å². The number of hydrogen-bond donors (Lipinski definition) is 1. The second kappa shape index (κ2) is 5.50. The van der Waals surface area contributed by atoms with E-state index in [0.717, 1.165) is 6.07 Å². The lowest BCUT2D eigenvalue weighted by atomic mass is 10.00. The van der Waals surface area contributed by atoms with Gasteiger partial charge in [-0.15, -0.1) is 0 Å². The summed E-state index contributed by atoms with van der Waals surface area (Å²) in [5.74, 6) is 0.0493. The maximum Gasteiger partial charge on any atom is 0.417 e. The van der Waals surface area contributed by atoms with Crippen molar-refractivity contribution in [2.45, 2.75) is 12.8 Å². The Morgan fingerprint density at radius 2 is 1.80 bits per heavy atom. The van der Waals surface area contributed by atoms with Crippen molar-refractivity contribution in [3.63, 3.8) is 0 Å². The third-order valence-electron chi connectivity index (χ3n) is 2.80. The fourth-order valence-corrected chi connectivity index (χ4v) is 1.89. The largest absolute Gasteiger partial charge is 0.481 e. The summed E-state index contributed by atoms with van der Waals surface area (Å²) in [7, 11) is 1.32. The smallest absolute Gasteiger partial charge is 0.417 e. The molecule has 0 aliphatic heterocycles. The number of aliphatic hydroxyl groups is 1. The second-order valence-electron chi connectivity index (χ2n) is 4.06. The molecule has 2 rings (SSSR count). The van der Waals surface area contributed by atoms with Gasteiger partial charge in [-0.2, -0.15) is 13.2 Å².